The zero-order valence-corrected chi connectivity index (χ0v) is 15.6. The van der Waals surface area contributed by atoms with E-state index in [0.29, 0.717) is 5.95 Å². The largest absolute Gasteiger partial charge is 0.372 e. The minimum absolute atomic E-state index is 0.150. The second-order valence-electron chi connectivity index (χ2n) is 6.98. The summed E-state index contributed by atoms with van der Waals surface area (Å²) in [5.74, 6) is 1.48. The Bertz CT molecular complexity index is 927. The molecule has 136 valence electrons. The van der Waals surface area contributed by atoms with Crippen LogP contribution in [0.1, 0.15) is 19.4 Å². The molecule has 0 spiro atoms. The maximum Gasteiger partial charge on any atom is 0.229 e. The van der Waals surface area contributed by atoms with Crippen molar-refractivity contribution in [1.29, 1.82) is 0 Å². The van der Waals surface area contributed by atoms with E-state index in [4.69, 9.17) is 14.7 Å². The van der Waals surface area contributed by atoms with Crippen LogP contribution in [0.25, 0.3) is 11.0 Å². The molecule has 0 bridgehead atoms. The summed E-state index contributed by atoms with van der Waals surface area (Å²) in [5.41, 5.74) is 3.02. The molecular weight excluding hydrogens is 328 g/mol. The molecule has 0 saturated carbocycles. The standard InChI is InChI=1S/C19H24N6O/c1-12-7-5-6-8-16(12)21-17-15-9-20-24(4)18(15)23-19(22-17)25-10-13(2)26-14(3)11-25/h5-9,13-14H,10-11H2,1-4H3,(H,21,22,23)/t13-,14+. The minimum Gasteiger partial charge on any atom is -0.372 e. The number of hydrogen-bond donors (Lipinski definition) is 1. The van der Waals surface area contributed by atoms with Gasteiger partial charge in [0.2, 0.25) is 5.95 Å². The first-order valence-electron chi connectivity index (χ1n) is 8.94. The number of rotatable bonds is 3. The maximum atomic E-state index is 5.85. The van der Waals surface area contributed by atoms with Gasteiger partial charge in [-0.05, 0) is 32.4 Å². The first-order valence-corrected chi connectivity index (χ1v) is 8.94. The lowest BCUT2D eigenvalue weighted by molar-refractivity contribution is -0.00569. The number of fused-ring (bicyclic) bond motifs is 1. The third kappa shape index (κ3) is 3.10. The number of nitrogens with zero attached hydrogens (tertiary/aromatic N) is 5. The van der Waals surface area contributed by atoms with Crippen molar-refractivity contribution < 1.29 is 4.74 Å². The Hall–Kier alpha value is -2.67. The summed E-state index contributed by atoms with van der Waals surface area (Å²) in [6.45, 7) is 7.79. The van der Waals surface area contributed by atoms with Crippen molar-refractivity contribution in [1.82, 2.24) is 19.7 Å². The number of aryl methyl sites for hydroxylation is 2. The molecule has 3 aromatic rings. The number of para-hydroxylation sites is 1. The van der Waals surface area contributed by atoms with Gasteiger partial charge in [-0.3, -0.25) is 4.68 Å². The number of nitrogens with one attached hydrogen (secondary N) is 1. The van der Waals surface area contributed by atoms with E-state index >= 15 is 0 Å². The number of morpholine rings is 1. The van der Waals surface area contributed by atoms with Crippen molar-refractivity contribution in [3.63, 3.8) is 0 Å². The lowest BCUT2D eigenvalue weighted by atomic mass is 10.2. The summed E-state index contributed by atoms with van der Waals surface area (Å²) < 4.78 is 7.63. The first kappa shape index (κ1) is 16.8. The van der Waals surface area contributed by atoms with Gasteiger partial charge in [-0.25, -0.2) is 0 Å². The van der Waals surface area contributed by atoms with Crippen molar-refractivity contribution in [2.45, 2.75) is 33.0 Å². The van der Waals surface area contributed by atoms with Crippen molar-refractivity contribution in [2.75, 3.05) is 23.3 Å². The van der Waals surface area contributed by atoms with Gasteiger partial charge in [0.05, 0.1) is 23.8 Å². The molecule has 26 heavy (non-hydrogen) atoms. The van der Waals surface area contributed by atoms with Crippen LogP contribution in [0, 0.1) is 6.92 Å². The van der Waals surface area contributed by atoms with Crippen molar-refractivity contribution in [3.05, 3.63) is 36.0 Å². The molecule has 1 fully saturated rings. The van der Waals surface area contributed by atoms with Crippen molar-refractivity contribution in [3.8, 4) is 0 Å². The Morgan fingerprint density at radius 3 is 2.58 bits per heavy atom. The fourth-order valence-electron chi connectivity index (χ4n) is 3.43. The van der Waals surface area contributed by atoms with Crippen LogP contribution in [-0.2, 0) is 11.8 Å². The average Bonchev–Trinajstić information content (AvgIpc) is 2.97. The molecule has 1 aliphatic rings. The predicted octanol–water partition coefficient (Wildman–Crippen LogP) is 3.03. The van der Waals surface area contributed by atoms with Gasteiger partial charge in [-0.15, -0.1) is 0 Å². The summed E-state index contributed by atoms with van der Waals surface area (Å²) in [4.78, 5) is 11.8. The highest BCUT2D eigenvalue weighted by Crippen LogP contribution is 2.28. The average molecular weight is 352 g/mol. The minimum atomic E-state index is 0.150. The number of ether oxygens (including phenoxy) is 1. The van der Waals surface area contributed by atoms with Crippen molar-refractivity contribution >= 4 is 28.5 Å². The Morgan fingerprint density at radius 2 is 1.85 bits per heavy atom. The Morgan fingerprint density at radius 1 is 1.12 bits per heavy atom. The Labute approximate surface area is 153 Å². The number of aromatic nitrogens is 4. The fourth-order valence-corrected chi connectivity index (χ4v) is 3.43. The van der Waals surface area contributed by atoms with Gasteiger partial charge in [0, 0.05) is 25.8 Å². The highest BCUT2D eigenvalue weighted by molar-refractivity contribution is 5.89. The van der Waals surface area contributed by atoms with Crippen molar-refractivity contribution in [2.24, 2.45) is 7.05 Å². The molecule has 3 heterocycles. The monoisotopic (exact) mass is 352 g/mol. The van der Waals surface area contributed by atoms with Crippen LogP contribution in [0.4, 0.5) is 17.5 Å². The van der Waals surface area contributed by atoms with E-state index in [1.807, 2.05) is 25.4 Å². The van der Waals surface area contributed by atoms with Gasteiger partial charge in [0.1, 0.15) is 5.82 Å². The van der Waals surface area contributed by atoms with Gasteiger partial charge in [-0.1, -0.05) is 18.2 Å². The van der Waals surface area contributed by atoms with Gasteiger partial charge in [-0.2, -0.15) is 15.1 Å². The van der Waals surface area contributed by atoms with Gasteiger partial charge < -0.3 is 15.0 Å². The van der Waals surface area contributed by atoms with Crippen LogP contribution in [0.5, 0.6) is 0 Å². The summed E-state index contributed by atoms with van der Waals surface area (Å²) in [6, 6.07) is 8.18. The van der Waals surface area contributed by atoms with E-state index in [1.54, 1.807) is 4.68 Å². The molecule has 1 aromatic carbocycles. The molecule has 7 nitrogen and oxygen atoms in total. The van der Waals surface area contributed by atoms with Gasteiger partial charge in [0.15, 0.2) is 5.65 Å². The van der Waals surface area contributed by atoms with Crippen LogP contribution in [0.2, 0.25) is 0 Å². The topological polar surface area (TPSA) is 68.1 Å². The summed E-state index contributed by atoms with van der Waals surface area (Å²) in [5, 5.41) is 8.75. The Balaban J connectivity index is 1.78. The number of anilines is 3. The number of hydrogen-bond acceptors (Lipinski definition) is 6. The molecule has 0 radical (unpaired) electrons. The quantitative estimate of drug-likeness (QED) is 0.781. The van der Waals surface area contributed by atoms with E-state index in [9.17, 15) is 0 Å². The maximum absolute atomic E-state index is 5.85. The summed E-state index contributed by atoms with van der Waals surface area (Å²) >= 11 is 0. The van der Waals surface area contributed by atoms with E-state index in [1.165, 1.54) is 5.56 Å². The Kier molecular flexibility index (Phi) is 4.24. The third-order valence-corrected chi connectivity index (χ3v) is 4.68. The molecule has 4 rings (SSSR count). The molecular formula is C19H24N6O. The molecule has 2 atom stereocenters. The van der Waals surface area contributed by atoms with E-state index in [-0.39, 0.29) is 12.2 Å². The zero-order chi connectivity index (χ0) is 18.3. The number of benzene rings is 1. The summed E-state index contributed by atoms with van der Waals surface area (Å²) in [7, 11) is 1.90. The van der Waals surface area contributed by atoms with E-state index in [2.05, 4.69) is 48.2 Å². The smallest absolute Gasteiger partial charge is 0.229 e. The zero-order valence-electron chi connectivity index (χ0n) is 15.6. The molecule has 0 amide bonds. The second kappa shape index (κ2) is 6.57. The van der Waals surface area contributed by atoms with Crippen LogP contribution >= 0.6 is 0 Å². The van der Waals surface area contributed by atoms with Crippen LogP contribution in [0.3, 0.4) is 0 Å². The predicted molar refractivity (Wildman–Crippen MR) is 103 cm³/mol. The van der Waals surface area contributed by atoms with Gasteiger partial charge >= 0.3 is 0 Å². The molecule has 0 unspecified atom stereocenters. The second-order valence-corrected chi connectivity index (χ2v) is 6.98. The normalized spacial score (nSPS) is 20.5. The van der Waals surface area contributed by atoms with E-state index in [0.717, 1.165) is 35.6 Å². The molecule has 1 saturated heterocycles. The van der Waals surface area contributed by atoms with E-state index < -0.39 is 0 Å². The molecule has 1 aliphatic heterocycles. The lowest BCUT2D eigenvalue weighted by Gasteiger charge is -2.35. The first-order chi connectivity index (χ1) is 12.5. The van der Waals surface area contributed by atoms with Crippen LogP contribution < -0.4 is 10.2 Å². The van der Waals surface area contributed by atoms with Crippen LogP contribution in [0.15, 0.2) is 30.5 Å². The van der Waals surface area contributed by atoms with Crippen LogP contribution in [-0.4, -0.2) is 45.0 Å². The highest BCUT2D eigenvalue weighted by atomic mass is 16.5. The van der Waals surface area contributed by atoms with Gasteiger partial charge in [0.25, 0.3) is 0 Å². The molecule has 7 heteroatoms. The lowest BCUT2D eigenvalue weighted by Crippen LogP contribution is -2.46. The SMILES string of the molecule is Cc1ccccc1Nc1nc(N2C[C@@H](C)O[C@@H](C)C2)nc2c1cnn2C. The summed E-state index contributed by atoms with van der Waals surface area (Å²) in [6.07, 6.45) is 2.11. The highest BCUT2D eigenvalue weighted by Gasteiger charge is 2.25. The third-order valence-electron chi connectivity index (χ3n) is 4.68. The molecule has 2 aromatic heterocycles. The molecule has 0 aliphatic carbocycles. The fraction of sp³-hybridized carbons (Fsp3) is 0.421. The molecule has 1 N–H and O–H groups in total.